The van der Waals surface area contributed by atoms with Gasteiger partial charge in [-0.2, -0.15) is 5.10 Å². The quantitative estimate of drug-likeness (QED) is 0.657. The highest BCUT2D eigenvalue weighted by molar-refractivity contribution is 5.94. The standard InChI is InChI=1S/C22H26N4O4/c1-12(2)26-22-17(10-23-26)16(9-21(27)24-22)15-6-7-19(20(8-15)28-5)29-11-18-13(3)25-30-14(18)4/h6-8,10,12,16H,9,11H2,1-5H3,(H,24,27)/t16-/m0/s1. The van der Waals surface area contributed by atoms with E-state index in [2.05, 4.69) is 15.6 Å². The molecule has 3 aromatic rings. The molecule has 0 spiro atoms. The highest BCUT2D eigenvalue weighted by atomic mass is 16.5. The smallest absolute Gasteiger partial charge is 0.226 e. The Balaban J connectivity index is 1.63. The molecule has 0 saturated heterocycles. The molecule has 4 rings (SSSR count). The molecule has 2 aromatic heterocycles. The van der Waals surface area contributed by atoms with Gasteiger partial charge in [-0.3, -0.25) is 4.79 Å². The summed E-state index contributed by atoms with van der Waals surface area (Å²) in [6.07, 6.45) is 2.20. The van der Waals surface area contributed by atoms with Gasteiger partial charge < -0.3 is 19.3 Å². The van der Waals surface area contributed by atoms with E-state index >= 15 is 0 Å². The Bertz CT molecular complexity index is 1060. The summed E-state index contributed by atoms with van der Waals surface area (Å²) in [6.45, 7) is 8.17. The lowest BCUT2D eigenvalue weighted by Gasteiger charge is -2.25. The molecular formula is C22H26N4O4. The maximum atomic E-state index is 12.4. The number of amides is 1. The van der Waals surface area contributed by atoms with Crippen LogP contribution < -0.4 is 14.8 Å². The van der Waals surface area contributed by atoms with Crippen LogP contribution in [0.2, 0.25) is 0 Å². The largest absolute Gasteiger partial charge is 0.493 e. The minimum Gasteiger partial charge on any atom is -0.493 e. The van der Waals surface area contributed by atoms with Crippen molar-refractivity contribution in [3.63, 3.8) is 0 Å². The minimum atomic E-state index is -0.0910. The van der Waals surface area contributed by atoms with Crippen molar-refractivity contribution in [2.24, 2.45) is 0 Å². The molecule has 8 heteroatoms. The van der Waals surface area contributed by atoms with Crippen LogP contribution in [0.15, 0.2) is 28.9 Å². The second-order valence-corrected chi connectivity index (χ2v) is 7.79. The van der Waals surface area contributed by atoms with Crippen LogP contribution in [0.1, 0.15) is 60.4 Å². The number of aromatic nitrogens is 3. The van der Waals surface area contributed by atoms with Crippen molar-refractivity contribution in [3.8, 4) is 11.5 Å². The number of benzene rings is 1. The maximum absolute atomic E-state index is 12.4. The van der Waals surface area contributed by atoms with Crippen LogP contribution in [0.4, 0.5) is 5.82 Å². The highest BCUT2D eigenvalue weighted by Crippen LogP contribution is 2.41. The minimum absolute atomic E-state index is 0.0207. The third-order valence-corrected chi connectivity index (χ3v) is 5.48. The van der Waals surface area contributed by atoms with Crippen LogP contribution in [0.25, 0.3) is 0 Å². The predicted octanol–water partition coefficient (Wildman–Crippen LogP) is 4.13. The zero-order valence-corrected chi connectivity index (χ0v) is 17.9. The van der Waals surface area contributed by atoms with Gasteiger partial charge in [-0.15, -0.1) is 0 Å². The SMILES string of the molecule is COc1cc([C@@H]2CC(=O)Nc3c2cnn3C(C)C)ccc1OCc1c(C)noc1C. The first-order valence-corrected chi connectivity index (χ1v) is 9.98. The maximum Gasteiger partial charge on any atom is 0.226 e. The van der Waals surface area contributed by atoms with Gasteiger partial charge in [0.2, 0.25) is 5.91 Å². The lowest BCUT2D eigenvalue weighted by atomic mass is 9.87. The van der Waals surface area contributed by atoms with Gasteiger partial charge in [-0.25, -0.2) is 4.68 Å². The summed E-state index contributed by atoms with van der Waals surface area (Å²) >= 11 is 0. The number of ether oxygens (including phenoxy) is 2. The Labute approximate surface area is 175 Å². The van der Waals surface area contributed by atoms with E-state index in [0.29, 0.717) is 24.5 Å². The number of aryl methyl sites for hydroxylation is 2. The monoisotopic (exact) mass is 410 g/mol. The number of rotatable bonds is 6. The molecule has 0 bridgehead atoms. The van der Waals surface area contributed by atoms with E-state index in [1.165, 1.54) is 0 Å². The number of methoxy groups -OCH3 is 1. The van der Waals surface area contributed by atoms with Crippen molar-refractivity contribution in [1.29, 1.82) is 0 Å². The van der Waals surface area contributed by atoms with E-state index in [4.69, 9.17) is 14.0 Å². The molecule has 1 atom stereocenters. The molecule has 1 aliphatic rings. The molecule has 1 aliphatic heterocycles. The number of nitrogens with one attached hydrogen (secondary N) is 1. The molecule has 0 unspecified atom stereocenters. The Morgan fingerprint density at radius 1 is 1.30 bits per heavy atom. The third-order valence-electron chi connectivity index (χ3n) is 5.48. The van der Waals surface area contributed by atoms with E-state index in [1.807, 2.05) is 56.8 Å². The van der Waals surface area contributed by atoms with Gasteiger partial charge in [-0.1, -0.05) is 11.2 Å². The number of carbonyl (C=O) groups excluding carboxylic acids is 1. The van der Waals surface area contributed by atoms with Crippen LogP contribution in [0.5, 0.6) is 11.5 Å². The molecule has 30 heavy (non-hydrogen) atoms. The Morgan fingerprint density at radius 2 is 2.10 bits per heavy atom. The molecule has 8 nitrogen and oxygen atoms in total. The number of anilines is 1. The zero-order valence-electron chi connectivity index (χ0n) is 17.9. The Kier molecular flexibility index (Phi) is 5.24. The van der Waals surface area contributed by atoms with Gasteiger partial charge in [0.25, 0.3) is 0 Å². The van der Waals surface area contributed by atoms with Crippen molar-refractivity contribution in [2.75, 3.05) is 12.4 Å². The summed E-state index contributed by atoms with van der Waals surface area (Å²) in [7, 11) is 1.61. The molecule has 1 N–H and O–H groups in total. The first-order chi connectivity index (χ1) is 14.4. The molecule has 0 saturated carbocycles. The van der Waals surface area contributed by atoms with Crippen molar-refractivity contribution < 1.29 is 18.8 Å². The van der Waals surface area contributed by atoms with Crippen molar-refractivity contribution >= 4 is 11.7 Å². The topological polar surface area (TPSA) is 91.4 Å². The number of fused-ring (bicyclic) bond motifs is 1. The fourth-order valence-electron chi connectivity index (χ4n) is 3.81. The van der Waals surface area contributed by atoms with E-state index in [9.17, 15) is 4.79 Å². The van der Waals surface area contributed by atoms with Gasteiger partial charge in [0.05, 0.1) is 24.6 Å². The second kappa shape index (κ2) is 7.85. The molecule has 1 aromatic carbocycles. The van der Waals surface area contributed by atoms with Gasteiger partial charge in [-0.05, 0) is 45.4 Å². The van der Waals surface area contributed by atoms with Crippen LogP contribution in [0, 0.1) is 13.8 Å². The molecular weight excluding hydrogens is 384 g/mol. The van der Waals surface area contributed by atoms with Crippen LogP contribution in [-0.2, 0) is 11.4 Å². The van der Waals surface area contributed by atoms with Crippen molar-refractivity contribution in [2.45, 2.75) is 52.7 Å². The lowest BCUT2D eigenvalue weighted by Crippen LogP contribution is -2.25. The molecule has 0 aliphatic carbocycles. The van der Waals surface area contributed by atoms with Crippen LogP contribution >= 0.6 is 0 Å². The van der Waals surface area contributed by atoms with Gasteiger partial charge in [0, 0.05) is 23.9 Å². The van der Waals surface area contributed by atoms with Crippen LogP contribution in [0.3, 0.4) is 0 Å². The Hall–Kier alpha value is -3.29. The number of nitrogens with zero attached hydrogens (tertiary/aromatic N) is 3. The summed E-state index contributed by atoms with van der Waals surface area (Å²) in [6, 6.07) is 5.95. The van der Waals surface area contributed by atoms with E-state index in [1.54, 1.807) is 7.11 Å². The Morgan fingerprint density at radius 3 is 2.77 bits per heavy atom. The molecule has 0 radical (unpaired) electrons. The average Bonchev–Trinajstić information content (AvgIpc) is 3.29. The summed E-state index contributed by atoms with van der Waals surface area (Å²) in [5, 5.41) is 11.4. The normalized spacial score (nSPS) is 15.8. The van der Waals surface area contributed by atoms with E-state index < -0.39 is 0 Å². The van der Waals surface area contributed by atoms with Crippen molar-refractivity contribution in [1.82, 2.24) is 14.9 Å². The van der Waals surface area contributed by atoms with Gasteiger partial charge >= 0.3 is 0 Å². The van der Waals surface area contributed by atoms with Crippen LogP contribution in [-0.4, -0.2) is 28.0 Å². The fourth-order valence-corrected chi connectivity index (χ4v) is 3.81. The first kappa shape index (κ1) is 20.0. The lowest BCUT2D eigenvalue weighted by molar-refractivity contribution is -0.116. The summed E-state index contributed by atoms with van der Waals surface area (Å²) < 4.78 is 18.6. The molecule has 158 valence electrons. The molecule has 3 heterocycles. The first-order valence-electron chi connectivity index (χ1n) is 9.98. The molecule has 1 amide bonds. The third kappa shape index (κ3) is 3.53. The number of hydrogen-bond acceptors (Lipinski definition) is 6. The van der Waals surface area contributed by atoms with Gasteiger partial charge in [0.1, 0.15) is 18.2 Å². The van der Waals surface area contributed by atoms with E-state index in [0.717, 1.165) is 34.0 Å². The number of hydrogen-bond donors (Lipinski definition) is 1. The predicted molar refractivity (Wildman–Crippen MR) is 111 cm³/mol. The summed E-state index contributed by atoms with van der Waals surface area (Å²) in [4.78, 5) is 12.4. The number of carbonyl (C=O) groups is 1. The van der Waals surface area contributed by atoms with E-state index in [-0.39, 0.29) is 17.9 Å². The second-order valence-electron chi connectivity index (χ2n) is 7.79. The molecule has 0 fully saturated rings. The average molecular weight is 410 g/mol. The summed E-state index contributed by atoms with van der Waals surface area (Å²) in [5.41, 5.74) is 3.73. The zero-order chi connectivity index (χ0) is 21.4. The summed E-state index contributed by atoms with van der Waals surface area (Å²) in [5.74, 6) is 2.64. The fraction of sp³-hybridized carbons (Fsp3) is 0.409. The van der Waals surface area contributed by atoms with Gasteiger partial charge in [0.15, 0.2) is 11.5 Å². The highest BCUT2D eigenvalue weighted by Gasteiger charge is 2.31. The van der Waals surface area contributed by atoms with Crippen molar-refractivity contribution in [3.05, 3.63) is 52.5 Å².